The van der Waals surface area contributed by atoms with Crippen molar-refractivity contribution in [1.29, 1.82) is 0 Å². The van der Waals surface area contributed by atoms with Crippen molar-refractivity contribution < 1.29 is 4.79 Å². The highest BCUT2D eigenvalue weighted by Crippen LogP contribution is 2.37. The maximum atomic E-state index is 13.3. The molecule has 0 radical (unpaired) electrons. The molecule has 28 heavy (non-hydrogen) atoms. The van der Waals surface area contributed by atoms with E-state index in [4.69, 9.17) is 34.8 Å². The van der Waals surface area contributed by atoms with Crippen LogP contribution in [0.4, 0.5) is 0 Å². The minimum atomic E-state index is -0.0936. The summed E-state index contributed by atoms with van der Waals surface area (Å²) in [5.74, 6) is 0.548. The van der Waals surface area contributed by atoms with Crippen molar-refractivity contribution in [2.45, 2.75) is 5.75 Å². The Kier molecular flexibility index (Phi) is 7.89. The molecular weight excluding hydrogens is 546 g/mol. The minimum Gasteiger partial charge on any atom is -0.288 e. The Bertz CT molecular complexity index is 1010. The lowest BCUT2D eigenvalue weighted by atomic mass is 10.1. The van der Waals surface area contributed by atoms with E-state index in [9.17, 15) is 4.79 Å². The number of benzene rings is 3. The number of hydrogen-bond donors (Lipinski definition) is 0. The van der Waals surface area contributed by atoms with Gasteiger partial charge in [-0.15, -0.1) is 11.8 Å². The van der Waals surface area contributed by atoms with Gasteiger partial charge < -0.3 is 0 Å². The minimum absolute atomic E-state index is 0.0936. The summed E-state index contributed by atoms with van der Waals surface area (Å²) in [5, 5.41) is 1.78. The van der Waals surface area contributed by atoms with E-state index in [1.54, 1.807) is 12.1 Å². The van der Waals surface area contributed by atoms with Crippen molar-refractivity contribution in [3.8, 4) is 0 Å². The standard InChI is InChI=1S/C22H14Cl3IOS/c23-16-9-5-14(6-10-16)13-28-22(20(26)15-7-11-17(24)12-8-15)21(27)18-3-1-2-4-19(18)25/h1-12H,13H2. The smallest absolute Gasteiger partial charge is 0.201 e. The van der Waals surface area contributed by atoms with E-state index in [2.05, 4.69) is 22.6 Å². The van der Waals surface area contributed by atoms with Gasteiger partial charge in [0.2, 0.25) is 5.78 Å². The zero-order chi connectivity index (χ0) is 20.1. The monoisotopic (exact) mass is 558 g/mol. The molecule has 142 valence electrons. The van der Waals surface area contributed by atoms with Crippen molar-refractivity contribution in [1.82, 2.24) is 0 Å². The number of allylic oxidation sites excluding steroid dienone is 1. The van der Waals surface area contributed by atoms with Crippen molar-refractivity contribution in [3.05, 3.63) is 109 Å². The molecule has 0 aromatic heterocycles. The zero-order valence-corrected chi connectivity index (χ0v) is 19.7. The van der Waals surface area contributed by atoms with Crippen molar-refractivity contribution in [2.24, 2.45) is 0 Å². The molecule has 0 aliphatic carbocycles. The molecular formula is C22H14Cl3IOS. The topological polar surface area (TPSA) is 17.1 Å². The van der Waals surface area contributed by atoms with Gasteiger partial charge >= 0.3 is 0 Å². The van der Waals surface area contributed by atoms with Gasteiger partial charge in [-0.3, -0.25) is 4.79 Å². The molecule has 0 aliphatic rings. The average Bonchev–Trinajstić information content (AvgIpc) is 2.70. The molecule has 0 saturated carbocycles. The first-order valence-electron chi connectivity index (χ1n) is 8.28. The van der Waals surface area contributed by atoms with Crippen LogP contribution in [0.2, 0.25) is 15.1 Å². The molecule has 0 saturated heterocycles. The highest BCUT2D eigenvalue weighted by atomic mass is 127. The summed E-state index contributed by atoms with van der Waals surface area (Å²) in [7, 11) is 0. The number of carbonyl (C=O) groups is 1. The largest absolute Gasteiger partial charge is 0.288 e. The van der Waals surface area contributed by atoms with Gasteiger partial charge in [-0.25, -0.2) is 0 Å². The Balaban J connectivity index is 1.98. The number of Topliss-reactive ketones (excluding diaryl/α,β-unsaturated/α-hetero) is 1. The molecule has 0 amide bonds. The SMILES string of the molecule is O=C(C(SCc1ccc(Cl)cc1)=C(I)c1ccc(Cl)cc1)c1ccccc1Cl. The van der Waals surface area contributed by atoms with E-state index in [0.29, 0.717) is 31.3 Å². The van der Waals surface area contributed by atoms with E-state index < -0.39 is 0 Å². The van der Waals surface area contributed by atoms with Crippen LogP contribution in [0.25, 0.3) is 3.58 Å². The third-order valence-corrected chi connectivity index (χ3v) is 7.44. The number of rotatable bonds is 6. The molecule has 3 aromatic carbocycles. The first kappa shape index (κ1) is 21.7. The van der Waals surface area contributed by atoms with Gasteiger partial charge in [0.1, 0.15) is 0 Å². The molecule has 6 heteroatoms. The van der Waals surface area contributed by atoms with Gasteiger partial charge in [0.05, 0.1) is 9.93 Å². The lowest BCUT2D eigenvalue weighted by Crippen LogP contribution is -2.04. The van der Waals surface area contributed by atoms with Gasteiger partial charge in [0.25, 0.3) is 0 Å². The highest BCUT2D eigenvalue weighted by Gasteiger charge is 2.20. The summed E-state index contributed by atoms with van der Waals surface area (Å²) in [6.07, 6.45) is 0. The lowest BCUT2D eigenvalue weighted by Gasteiger charge is -2.12. The van der Waals surface area contributed by atoms with E-state index in [1.807, 2.05) is 60.7 Å². The zero-order valence-electron chi connectivity index (χ0n) is 14.5. The van der Waals surface area contributed by atoms with Gasteiger partial charge in [-0.2, -0.15) is 0 Å². The summed E-state index contributed by atoms with van der Waals surface area (Å²) in [5.41, 5.74) is 2.51. The van der Waals surface area contributed by atoms with Gasteiger partial charge in [-0.05, 0) is 70.1 Å². The first-order chi connectivity index (χ1) is 13.5. The highest BCUT2D eigenvalue weighted by molar-refractivity contribution is 14.1. The Morgan fingerprint density at radius 2 is 1.39 bits per heavy atom. The normalized spacial score (nSPS) is 11.9. The number of carbonyl (C=O) groups excluding carboxylic acids is 1. The molecule has 3 rings (SSSR count). The molecule has 0 aliphatic heterocycles. The quantitative estimate of drug-likeness (QED) is 0.171. The van der Waals surface area contributed by atoms with Crippen LogP contribution >= 0.6 is 69.2 Å². The van der Waals surface area contributed by atoms with Gasteiger partial charge in [0.15, 0.2) is 0 Å². The number of thioether (sulfide) groups is 1. The third-order valence-electron chi connectivity index (χ3n) is 3.92. The van der Waals surface area contributed by atoms with Crippen LogP contribution in [-0.2, 0) is 5.75 Å². The van der Waals surface area contributed by atoms with Crippen LogP contribution in [0, 0.1) is 0 Å². The van der Waals surface area contributed by atoms with Crippen LogP contribution in [-0.4, -0.2) is 5.78 Å². The molecule has 0 bridgehead atoms. The van der Waals surface area contributed by atoms with E-state index in [-0.39, 0.29) is 5.78 Å². The maximum Gasteiger partial charge on any atom is 0.201 e. The fourth-order valence-corrected chi connectivity index (χ4v) is 4.99. The van der Waals surface area contributed by atoms with Crippen LogP contribution in [0.5, 0.6) is 0 Å². The predicted octanol–water partition coefficient (Wildman–Crippen LogP) is 8.57. The Labute approximate surface area is 197 Å². The van der Waals surface area contributed by atoms with E-state index in [1.165, 1.54) is 11.8 Å². The predicted molar refractivity (Wildman–Crippen MR) is 131 cm³/mol. The molecule has 3 aromatic rings. The van der Waals surface area contributed by atoms with Crippen LogP contribution in [0.15, 0.2) is 77.7 Å². The van der Waals surface area contributed by atoms with Gasteiger partial charge in [0, 0.05) is 24.9 Å². The molecule has 0 N–H and O–H groups in total. The third kappa shape index (κ3) is 5.55. The molecule has 0 atom stereocenters. The number of ketones is 1. The summed E-state index contributed by atoms with van der Waals surface area (Å²) in [4.78, 5) is 14.0. The first-order valence-corrected chi connectivity index (χ1v) is 11.5. The molecule has 0 fully saturated rings. The number of hydrogen-bond acceptors (Lipinski definition) is 2. The number of halogens is 4. The van der Waals surface area contributed by atoms with Gasteiger partial charge in [-0.1, -0.05) is 71.2 Å². The average molecular weight is 560 g/mol. The van der Waals surface area contributed by atoms with Crippen molar-refractivity contribution >= 4 is 78.5 Å². The van der Waals surface area contributed by atoms with Crippen LogP contribution in [0.3, 0.4) is 0 Å². The Morgan fingerprint density at radius 3 is 2.00 bits per heavy atom. The fraction of sp³-hybridized carbons (Fsp3) is 0.0455. The lowest BCUT2D eigenvalue weighted by molar-refractivity contribution is 0.104. The summed E-state index contributed by atoms with van der Waals surface area (Å²) >= 11 is 22.0. The Morgan fingerprint density at radius 1 is 0.821 bits per heavy atom. The maximum absolute atomic E-state index is 13.3. The molecule has 0 heterocycles. The fourth-order valence-electron chi connectivity index (χ4n) is 2.46. The Hall–Kier alpha value is -0.980. The molecule has 1 nitrogen and oxygen atoms in total. The van der Waals surface area contributed by atoms with Crippen molar-refractivity contribution in [2.75, 3.05) is 0 Å². The second-order valence-electron chi connectivity index (χ2n) is 5.87. The van der Waals surface area contributed by atoms with Crippen LogP contribution < -0.4 is 0 Å². The summed E-state index contributed by atoms with van der Waals surface area (Å²) in [6.45, 7) is 0. The van der Waals surface area contributed by atoms with E-state index >= 15 is 0 Å². The molecule has 0 spiro atoms. The van der Waals surface area contributed by atoms with Crippen LogP contribution in [0.1, 0.15) is 21.5 Å². The molecule has 0 unspecified atom stereocenters. The van der Waals surface area contributed by atoms with E-state index in [0.717, 1.165) is 14.7 Å². The van der Waals surface area contributed by atoms with Crippen molar-refractivity contribution in [3.63, 3.8) is 0 Å². The summed E-state index contributed by atoms with van der Waals surface area (Å²) < 4.78 is 0.859. The second-order valence-corrected chi connectivity index (χ2v) is 9.22. The second kappa shape index (κ2) is 10.2. The summed E-state index contributed by atoms with van der Waals surface area (Å²) in [6, 6.07) is 22.2.